The number of hydrogen-bond donors (Lipinski definition) is 2. The molecule has 0 saturated heterocycles. The van der Waals surface area contributed by atoms with E-state index in [4.69, 9.17) is 0 Å². The normalized spacial score (nSPS) is 37.0. The number of nitrogens with zero attached hydrogens (tertiary/aromatic N) is 1. The molecule has 5 nitrogen and oxygen atoms in total. The summed E-state index contributed by atoms with van der Waals surface area (Å²) in [5.74, 6) is 0.394. The van der Waals surface area contributed by atoms with E-state index in [-0.39, 0.29) is 34.0 Å². The molecule has 6 rings (SSSR count). The van der Waals surface area contributed by atoms with Crippen molar-refractivity contribution in [3.05, 3.63) is 58.7 Å². The van der Waals surface area contributed by atoms with Crippen molar-refractivity contribution in [3.8, 4) is 5.75 Å². The van der Waals surface area contributed by atoms with Gasteiger partial charge in [0.25, 0.3) is 0 Å². The maximum atomic E-state index is 14.8. The van der Waals surface area contributed by atoms with Crippen LogP contribution in [0, 0.1) is 22.2 Å². The van der Waals surface area contributed by atoms with Crippen LogP contribution in [0.25, 0.3) is 0 Å². The van der Waals surface area contributed by atoms with Crippen LogP contribution in [0.3, 0.4) is 0 Å². The van der Waals surface area contributed by atoms with Gasteiger partial charge in [-0.2, -0.15) is 0 Å². The van der Waals surface area contributed by atoms with E-state index in [1.54, 1.807) is 18.0 Å². The number of rotatable bonds is 3. The predicted molar refractivity (Wildman–Crippen MR) is 169 cm³/mol. The average molecular weight is 571 g/mol. The number of anilines is 1. The number of carbonyl (C=O) groups is 2. The number of carbonyl (C=O) groups excluding carboxylic acids is 2. The summed E-state index contributed by atoms with van der Waals surface area (Å²) in [6, 6.07) is 12.5. The Morgan fingerprint density at radius 3 is 2.26 bits per heavy atom. The summed E-state index contributed by atoms with van der Waals surface area (Å²) in [5.41, 5.74) is 4.46. The quantitative estimate of drug-likeness (QED) is 0.374. The van der Waals surface area contributed by atoms with Gasteiger partial charge >= 0.3 is 0 Å². The predicted octanol–water partition coefficient (Wildman–Crippen LogP) is 7.53. The number of aryl methyl sites for hydroxylation is 2. The smallest absolute Gasteiger partial charge is 0.235 e. The van der Waals surface area contributed by atoms with Crippen LogP contribution >= 0.6 is 0 Å². The van der Waals surface area contributed by atoms with Crippen molar-refractivity contribution in [3.63, 3.8) is 0 Å². The lowest BCUT2D eigenvalue weighted by Crippen LogP contribution is -2.64. The van der Waals surface area contributed by atoms with Crippen LogP contribution in [0.1, 0.15) is 108 Å². The largest absolute Gasteiger partial charge is 0.508 e. The maximum Gasteiger partial charge on any atom is 0.235 e. The number of phenolic OH excluding ortho intramolecular Hbond substituents is 1. The number of nitrogens with one attached hydrogen (secondary N) is 1. The Hall–Kier alpha value is -2.82. The molecular weight excluding hydrogens is 520 g/mol. The van der Waals surface area contributed by atoms with Crippen LogP contribution in [-0.4, -0.2) is 35.9 Å². The highest BCUT2D eigenvalue weighted by molar-refractivity contribution is 6.01. The molecule has 2 fully saturated rings. The third-order valence-corrected chi connectivity index (χ3v) is 13.6. The fraction of sp³-hybridized carbons (Fsp3) is 0.622. The lowest BCUT2D eigenvalue weighted by molar-refractivity contribution is -0.171. The number of aromatic hydroxyl groups is 1. The first-order valence-electron chi connectivity index (χ1n) is 16.2. The van der Waals surface area contributed by atoms with E-state index in [9.17, 15) is 14.7 Å². The van der Waals surface area contributed by atoms with Gasteiger partial charge in [0.1, 0.15) is 5.75 Å². The molecule has 42 heavy (non-hydrogen) atoms. The van der Waals surface area contributed by atoms with Gasteiger partial charge in [-0.05, 0) is 120 Å². The standard InChI is InChI=1S/C37H50N2O3/c1-33-17-8-18-34(2,30(33)15-12-24-11-14-27(40)23-28(24)33)31(41)39(7)32(42)36(4)20-9-19-35(3)29-22-26(38-6)13-10-25(29)16-21-37(35,36)5/h10-11,13-14,22-23,30,38,40H,8-9,12,15-21H2,1-7H3/t30-,33-,34+,35-,36-,37-/m1/s1. The second kappa shape index (κ2) is 9.59. The van der Waals surface area contributed by atoms with Crippen molar-refractivity contribution in [2.24, 2.45) is 22.2 Å². The van der Waals surface area contributed by atoms with Crippen molar-refractivity contribution in [2.75, 3.05) is 19.4 Å². The van der Waals surface area contributed by atoms with Crippen LogP contribution in [-0.2, 0) is 33.3 Å². The van der Waals surface area contributed by atoms with Crippen LogP contribution in [0.2, 0.25) is 0 Å². The van der Waals surface area contributed by atoms with Gasteiger partial charge in [-0.1, -0.05) is 59.6 Å². The zero-order valence-electron chi connectivity index (χ0n) is 26.8. The molecule has 2 N–H and O–H groups in total. The van der Waals surface area contributed by atoms with Gasteiger partial charge in [0, 0.05) is 19.8 Å². The summed E-state index contributed by atoms with van der Waals surface area (Å²) in [5, 5.41) is 13.7. The van der Waals surface area contributed by atoms with Gasteiger partial charge in [-0.15, -0.1) is 0 Å². The van der Waals surface area contributed by atoms with Crippen molar-refractivity contribution < 1.29 is 14.7 Å². The van der Waals surface area contributed by atoms with Gasteiger partial charge < -0.3 is 10.4 Å². The topological polar surface area (TPSA) is 69.6 Å². The molecule has 0 radical (unpaired) electrons. The number of benzene rings is 2. The van der Waals surface area contributed by atoms with Crippen LogP contribution in [0.15, 0.2) is 36.4 Å². The first-order chi connectivity index (χ1) is 19.7. The van der Waals surface area contributed by atoms with Gasteiger partial charge in [0.05, 0.1) is 10.8 Å². The number of imide groups is 1. The molecule has 0 aliphatic heterocycles. The lowest BCUT2D eigenvalue weighted by Gasteiger charge is -2.63. The minimum Gasteiger partial charge on any atom is -0.508 e. The van der Waals surface area contributed by atoms with Gasteiger partial charge in [0.2, 0.25) is 11.8 Å². The van der Waals surface area contributed by atoms with Crippen molar-refractivity contribution in [2.45, 2.75) is 110 Å². The highest BCUT2D eigenvalue weighted by Crippen LogP contribution is 2.66. The van der Waals surface area contributed by atoms with Crippen molar-refractivity contribution in [1.82, 2.24) is 4.90 Å². The third-order valence-electron chi connectivity index (χ3n) is 13.6. The highest BCUT2D eigenvalue weighted by atomic mass is 16.3. The Balaban J connectivity index is 1.34. The fourth-order valence-electron chi connectivity index (χ4n) is 10.7. The molecular formula is C37H50N2O3. The van der Waals surface area contributed by atoms with Crippen LogP contribution < -0.4 is 5.32 Å². The number of fused-ring (bicyclic) bond motifs is 6. The number of phenols is 1. The van der Waals surface area contributed by atoms with E-state index in [0.717, 1.165) is 69.9 Å². The van der Waals surface area contributed by atoms with E-state index in [0.29, 0.717) is 5.75 Å². The molecule has 4 aliphatic carbocycles. The zero-order valence-corrected chi connectivity index (χ0v) is 26.8. The van der Waals surface area contributed by atoms with Crippen LogP contribution in [0.4, 0.5) is 5.69 Å². The minimum absolute atomic E-state index is 0.00324. The molecule has 5 heteroatoms. The second-order valence-corrected chi connectivity index (χ2v) is 15.3. The molecule has 2 aromatic rings. The molecule has 6 atom stereocenters. The van der Waals surface area contributed by atoms with Crippen molar-refractivity contribution in [1.29, 1.82) is 0 Å². The van der Waals surface area contributed by atoms with Crippen LogP contribution in [0.5, 0.6) is 5.75 Å². The molecule has 0 aromatic heterocycles. The Bertz CT molecular complexity index is 1450. The number of amides is 2. The summed E-state index contributed by atoms with van der Waals surface area (Å²) < 4.78 is 0. The summed E-state index contributed by atoms with van der Waals surface area (Å²) in [4.78, 5) is 31.1. The van der Waals surface area contributed by atoms with E-state index in [1.807, 2.05) is 13.1 Å². The second-order valence-electron chi connectivity index (χ2n) is 15.3. The van der Waals surface area contributed by atoms with E-state index in [1.165, 1.54) is 22.3 Å². The first-order valence-corrected chi connectivity index (χ1v) is 16.2. The summed E-state index contributed by atoms with van der Waals surface area (Å²) >= 11 is 0. The molecule has 2 saturated carbocycles. The Morgan fingerprint density at radius 2 is 1.52 bits per heavy atom. The fourth-order valence-corrected chi connectivity index (χ4v) is 10.7. The molecule has 0 bridgehead atoms. The highest BCUT2D eigenvalue weighted by Gasteiger charge is 2.65. The van der Waals surface area contributed by atoms with E-state index >= 15 is 0 Å². The van der Waals surface area contributed by atoms with E-state index < -0.39 is 10.8 Å². The number of hydrogen-bond acceptors (Lipinski definition) is 4. The molecule has 2 amide bonds. The molecule has 0 unspecified atom stereocenters. The lowest BCUT2D eigenvalue weighted by atomic mass is 9.41. The Kier molecular flexibility index (Phi) is 6.68. The summed E-state index contributed by atoms with van der Waals surface area (Å²) in [6.45, 7) is 11.3. The zero-order chi connectivity index (χ0) is 30.3. The Morgan fingerprint density at radius 1 is 0.833 bits per heavy atom. The monoisotopic (exact) mass is 570 g/mol. The molecule has 0 heterocycles. The van der Waals surface area contributed by atoms with Gasteiger partial charge in [-0.25, -0.2) is 0 Å². The SMILES string of the molecule is CNc1ccc2c(c1)[C@@]1(C)CCC[C@](C)(C(=O)N(C)C(=O)[C@@]3(C)CCC[C@]4(C)c5cc(O)ccc5CC[C@@H]34)[C@]1(C)CC2. The van der Waals surface area contributed by atoms with E-state index in [2.05, 4.69) is 64.2 Å². The molecule has 4 aliphatic rings. The Labute approximate surface area is 252 Å². The van der Waals surface area contributed by atoms with Gasteiger partial charge in [-0.3, -0.25) is 14.5 Å². The molecule has 0 spiro atoms. The molecule has 2 aromatic carbocycles. The maximum absolute atomic E-state index is 14.8. The minimum atomic E-state index is -0.642. The van der Waals surface area contributed by atoms with Gasteiger partial charge in [0.15, 0.2) is 0 Å². The average Bonchev–Trinajstić information content (AvgIpc) is 2.97. The summed E-state index contributed by atoms with van der Waals surface area (Å²) in [6.07, 6.45) is 9.28. The first kappa shape index (κ1) is 29.3. The third kappa shape index (κ3) is 3.73. The summed E-state index contributed by atoms with van der Waals surface area (Å²) in [7, 11) is 3.73. The molecule has 226 valence electrons. The van der Waals surface area contributed by atoms with Crippen molar-refractivity contribution >= 4 is 17.5 Å².